The molecule has 0 spiro atoms. The summed E-state index contributed by atoms with van der Waals surface area (Å²) in [6.07, 6.45) is 8.79. The number of nitrogens with zero attached hydrogens (tertiary/aromatic N) is 1. The van der Waals surface area contributed by atoms with Crippen LogP contribution >= 0.6 is 0 Å². The third-order valence-corrected chi connectivity index (χ3v) is 4.27. The van der Waals surface area contributed by atoms with Gasteiger partial charge in [0.05, 0.1) is 6.54 Å². The summed E-state index contributed by atoms with van der Waals surface area (Å²) in [6.45, 7) is 4.78. The molecule has 0 bridgehead atoms. The molecule has 3 nitrogen and oxygen atoms in total. The first-order valence-electron chi connectivity index (χ1n) is 7.27. The maximum atomic E-state index is 12.1. The summed E-state index contributed by atoms with van der Waals surface area (Å²) in [4.78, 5) is 14.1. The zero-order valence-corrected chi connectivity index (χ0v) is 11.1. The Kier molecular flexibility index (Phi) is 4.84. The first kappa shape index (κ1) is 12.9. The molecular formula is C14H26N2O. The van der Waals surface area contributed by atoms with Crippen LogP contribution in [0.15, 0.2) is 0 Å². The van der Waals surface area contributed by atoms with E-state index < -0.39 is 0 Å². The Bertz CT molecular complexity index is 249. The van der Waals surface area contributed by atoms with Crippen molar-refractivity contribution in [1.29, 1.82) is 0 Å². The summed E-state index contributed by atoms with van der Waals surface area (Å²) in [5, 5.41) is 3.42. The van der Waals surface area contributed by atoms with Crippen LogP contribution in [0, 0.1) is 5.92 Å². The Morgan fingerprint density at radius 2 is 1.88 bits per heavy atom. The van der Waals surface area contributed by atoms with Crippen molar-refractivity contribution in [2.75, 3.05) is 19.6 Å². The first-order valence-corrected chi connectivity index (χ1v) is 7.27. The Balaban J connectivity index is 1.70. The van der Waals surface area contributed by atoms with E-state index in [0.29, 0.717) is 18.5 Å². The normalized spacial score (nSPS) is 27.1. The van der Waals surface area contributed by atoms with Crippen molar-refractivity contribution >= 4 is 5.91 Å². The fourth-order valence-corrected chi connectivity index (χ4v) is 2.99. The van der Waals surface area contributed by atoms with Crippen LogP contribution in [0.1, 0.15) is 51.9 Å². The van der Waals surface area contributed by atoms with Gasteiger partial charge in [-0.2, -0.15) is 0 Å². The van der Waals surface area contributed by atoms with E-state index in [9.17, 15) is 4.79 Å². The Morgan fingerprint density at radius 1 is 1.12 bits per heavy atom. The van der Waals surface area contributed by atoms with Gasteiger partial charge in [0.25, 0.3) is 0 Å². The van der Waals surface area contributed by atoms with Crippen LogP contribution in [0.5, 0.6) is 0 Å². The molecule has 1 saturated carbocycles. The number of carbonyl (C=O) groups is 1. The van der Waals surface area contributed by atoms with E-state index in [1.807, 2.05) is 0 Å². The maximum absolute atomic E-state index is 12.1. The zero-order chi connectivity index (χ0) is 12.1. The second kappa shape index (κ2) is 6.39. The van der Waals surface area contributed by atoms with Crippen molar-refractivity contribution in [3.8, 4) is 0 Å². The summed E-state index contributed by atoms with van der Waals surface area (Å²) in [5.74, 6) is 1.10. The molecule has 17 heavy (non-hydrogen) atoms. The minimum Gasteiger partial charge on any atom is -0.342 e. The average Bonchev–Trinajstić information content (AvgIpc) is 2.74. The minimum absolute atomic E-state index is 0.311. The maximum Gasteiger partial charge on any atom is 0.236 e. The molecule has 3 heteroatoms. The molecule has 2 fully saturated rings. The molecule has 1 unspecified atom stereocenters. The SMILES string of the molecule is CC1CCCN(C(=O)CNC2CCCC2)CC1. The molecule has 1 saturated heterocycles. The monoisotopic (exact) mass is 238 g/mol. The Labute approximate surface area is 105 Å². The van der Waals surface area contributed by atoms with E-state index in [-0.39, 0.29) is 0 Å². The molecule has 2 rings (SSSR count). The molecule has 1 aliphatic heterocycles. The quantitative estimate of drug-likeness (QED) is 0.817. The van der Waals surface area contributed by atoms with Crippen LogP contribution in [0.4, 0.5) is 0 Å². The molecule has 0 aromatic rings. The third kappa shape index (κ3) is 3.98. The molecule has 2 aliphatic rings. The van der Waals surface area contributed by atoms with Gasteiger partial charge in [0.2, 0.25) is 5.91 Å². The van der Waals surface area contributed by atoms with Crippen LogP contribution in [-0.2, 0) is 4.79 Å². The van der Waals surface area contributed by atoms with Gasteiger partial charge in [-0.3, -0.25) is 4.79 Å². The number of carbonyl (C=O) groups excluding carboxylic acids is 1. The third-order valence-electron chi connectivity index (χ3n) is 4.27. The van der Waals surface area contributed by atoms with E-state index in [4.69, 9.17) is 0 Å². The summed E-state index contributed by atoms with van der Waals surface area (Å²) >= 11 is 0. The molecule has 0 aromatic carbocycles. The van der Waals surface area contributed by atoms with Crippen molar-refractivity contribution in [3.05, 3.63) is 0 Å². The molecular weight excluding hydrogens is 212 g/mol. The van der Waals surface area contributed by atoms with Crippen molar-refractivity contribution in [2.24, 2.45) is 5.92 Å². The standard InChI is InChI=1S/C14H26N2O/c1-12-5-4-9-16(10-8-12)14(17)11-15-13-6-2-3-7-13/h12-13,15H,2-11H2,1H3. The predicted molar refractivity (Wildman–Crippen MR) is 69.9 cm³/mol. The van der Waals surface area contributed by atoms with E-state index >= 15 is 0 Å². The van der Waals surface area contributed by atoms with Crippen LogP contribution in [0.2, 0.25) is 0 Å². The lowest BCUT2D eigenvalue weighted by molar-refractivity contribution is -0.130. The summed E-state index contributed by atoms with van der Waals surface area (Å²) < 4.78 is 0. The van der Waals surface area contributed by atoms with Crippen molar-refractivity contribution in [3.63, 3.8) is 0 Å². The number of hydrogen-bond acceptors (Lipinski definition) is 2. The van der Waals surface area contributed by atoms with Gasteiger partial charge in [0, 0.05) is 19.1 Å². The van der Waals surface area contributed by atoms with Crippen molar-refractivity contribution in [1.82, 2.24) is 10.2 Å². The van der Waals surface area contributed by atoms with Crippen molar-refractivity contribution < 1.29 is 4.79 Å². The van der Waals surface area contributed by atoms with Gasteiger partial charge in [-0.05, 0) is 38.0 Å². The average molecular weight is 238 g/mol. The number of likely N-dealkylation sites (tertiary alicyclic amines) is 1. The summed E-state index contributed by atoms with van der Waals surface area (Å²) in [6, 6.07) is 0.602. The molecule has 98 valence electrons. The van der Waals surface area contributed by atoms with E-state index in [1.54, 1.807) is 0 Å². The predicted octanol–water partition coefficient (Wildman–Crippen LogP) is 2.17. The molecule has 0 radical (unpaired) electrons. The molecule has 1 amide bonds. The number of rotatable bonds is 3. The van der Waals surface area contributed by atoms with Crippen molar-refractivity contribution in [2.45, 2.75) is 57.9 Å². The second-order valence-corrected chi connectivity index (χ2v) is 5.78. The lowest BCUT2D eigenvalue weighted by Crippen LogP contribution is -2.41. The van der Waals surface area contributed by atoms with E-state index in [1.165, 1.54) is 44.9 Å². The number of amides is 1. The van der Waals surface area contributed by atoms with Gasteiger partial charge in [-0.25, -0.2) is 0 Å². The van der Waals surface area contributed by atoms with Gasteiger partial charge < -0.3 is 10.2 Å². The van der Waals surface area contributed by atoms with Crippen LogP contribution in [-0.4, -0.2) is 36.5 Å². The van der Waals surface area contributed by atoms with E-state index in [2.05, 4.69) is 17.1 Å². The Hall–Kier alpha value is -0.570. The fraction of sp³-hybridized carbons (Fsp3) is 0.929. The minimum atomic E-state index is 0.311. The summed E-state index contributed by atoms with van der Waals surface area (Å²) in [7, 11) is 0. The van der Waals surface area contributed by atoms with E-state index in [0.717, 1.165) is 19.0 Å². The van der Waals surface area contributed by atoms with Crippen LogP contribution < -0.4 is 5.32 Å². The topological polar surface area (TPSA) is 32.3 Å². The first-order chi connectivity index (χ1) is 8.25. The highest BCUT2D eigenvalue weighted by Crippen LogP contribution is 2.18. The molecule has 1 atom stereocenters. The number of nitrogens with one attached hydrogen (secondary N) is 1. The lowest BCUT2D eigenvalue weighted by atomic mass is 10.0. The van der Waals surface area contributed by atoms with Gasteiger partial charge in [0.1, 0.15) is 0 Å². The van der Waals surface area contributed by atoms with Gasteiger partial charge in [-0.15, -0.1) is 0 Å². The number of hydrogen-bond donors (Lipinski definition) is 1. The second-order valence-electron chi connectivity index (χ2n) is 5.78. The Morgan fingerprint density at radius 3 is 2.65 bits per heavy atom. The van der Waals surface area contributed by atoms with Crippen LogP contribution in [0.25, 0.3) is 0 Å². The highest BCUT2D eigenvalue weighted by Gasteiger charge is 2.20. The highest BCUT2D eigenvalue weighted by atomic mass is 16.2. The zero-order valence-electron chi connectivity index (χ0n) is 11.1. The largest absolute Gasteiger partial charge is 0.342 e. The fourth-order valence-electron chi connectivity index (χ4n) is 2.99. The molecule has 1 aliphatic carbocycles. The lowest BCUT2D eigenvalue weighted by Gasteiger charge is -2.22. The molecule has 0 aromatic heterocycles. The summed E-state index contributed by atoms with van der Waals surface area (Å²) in [5.41, 5.74) is 0. The molecule has 1 N–H and O–H groups in total. The molecule has 1 heterocycles. The van der Waals surface area contributed by atoms with Gasteiger partial charge >= 0.3 is 0 Å². The van der Waals surface area contributed by atoms with Gasteiger partial charge in [-0.1, -0.05) is 19.8 Å². The van der Waals surface area contributed by atoms with Crippen LogP contribution in [0.3, 0.4) is 0 Å². The smallest absolute Gasteiger partial charge is 0.236 e. The highest BCUT2D eigenvalue weighted by molar-refractivity contribution is 5.78. The van der Waals surface area contributed by atoms with Gasteiger partial charge in [0.15, 0.2) is 0 Å².